The molecule has 0 fully saturated rings. The third-order valence-electron chi connectivity index (χ3n) is 2.56. The van der Waals surface area contributed by atoms with E-state index >= 15 is 0 Å². The first-order valence-electron chi connectivity index (χ1n) is 5.74. The van der Waals surface area contributed by atoms with Crippen molar-refractivity contribution in [3.05, 3.63) is 28.2 Å². The molecule has 1 aromatic rings. The van der Waals surface area contributed by atoms with E-state index in [9.17, 15) is 8.42 Å². The lowest BCUT2D eigenvalue weighted by Gasteiger charge is -2.14. The summed E-state index contributed by atoms with van der Waals surface area (Å²) in [5.74, 6) is 0.786. The Morgan fingerprint density at radius 1 is 1.44 bits per heavy atom. The van der Waals surface area contributed by atoms with Crippen molar-refractivity contribution in [2.75, 3.05) is 18.1 Å². The van der Waals surface area contributed by atoms with Crippen LogP contribution in [0.25, 0.3) is 0 Å². The zero-order valence-electron chi connectivity index (χ0n) is 10.5. The zero-order chi connectivity index (χ0) is 13.8. The molecule has 0 amide bonds. The van der Waals surface area contributed by atoms with Gasteiger partial charge >= 0.3 is 0 Å². The van der Waals surface area contributed by atoms with Gasteiger partial charge in [-0.05, 0) is 19.1 Å². The van der Waals surface area contributed by atoms with Gasteiger partial charge < -0.3 is 10.5 Å². The highest BCUT2D eigenvalue weighted by Crippen LogP contribution is 2.27. The summed E-state index contributed by atoms with van der Waals surface area (Å²) in [4.78, 5) is 0. The largest absolute Gasteiger partial charge is 0.492 e. The number of ether oxygens (including phenoxy) is 1. The second-order valence-electron chi connectivity index (χ2n) is 4.06. The molecule has 1 aromatic carbocycles. The van der Waals surface area contributed by atoms with Crippen molar-refractivity contribution in [3.8, 4) is 5.75 Å². The van der Waals surface area contributed by atoms with Crippen molar-refractivity contribution in [2.24, 2.45) is 5.73 Å². The van der Waals surface area contributed by atoms with E-state index in [1.807, 2.05) is 19.1 Å². The maximum absolute atomic E-state index is 11.4. The molecule has 102 valence electrons. The molecule has 6 heteroatoms. The third kappa shape index (κ3) is 4.59. The molecule has 0 saturated carbocycles. The minimum absolute atomic E-state index is 0.0222. The summed E-state index contributed by atoms with van der Waals surface area (Å²) in [5.41, 5.74) is 6.70. The third-order valence-corrected chi connectivity index (χ3v) is 4.72. The van der Waals surface area contributed by atoms with Crippen molar-refractivity contribution in [3.63, 3.8) is 0 Å². The molecular weight excluding hydrogens is 318 g/mol. The predicted molar refractivity (Wildman–Crippen MR) is 76.6 cm³/mol. The van der Waals surface area contributed by atoms with Gasteiger partial charge in [-0.15, -0.1) is 0 Å². The Hall–Kier alpha value is -0.590. The van der Waals surface area contributed by atoms with Crippen LogP contribution in [0, 0.1) is 0 Å². The molecule has 1 atom stereocenters. The van der Waals surface area contributed by atoms with Crippen LogP contribution in [0.4, 0.5) is 0 Å². The molecule has 0 spiro atoms. The average Bonchev–Trinajstić information content (AvgIpc) is 2.28. The second kappa shape index (κ2) is 6.54. The molecule has 1 rings (SSSR count). The van der Waals surface area contributed by atoms with Gasteiger partial charge in [0.2, 0.25) is 0 Å². The first kappa shape index (κ1) is 15.5. The van der Waals surface area contributed by atoms with Gasteiger partial charge in [-0.1, -0.05) is 28.9 Å². The van der Waals surface area contributed by atoms with Crippen LogP contribution in [0.3, 0.4) is 0 Å². The summed E-state index contributed by atoms with van der Waals surface area (Å²) in [6, 6.07) is 5.40. The molecule has 0 saturated heterocycles. The van der Waals surface area contributed by atoms with E-state index in [4.69, 9.17) is 10.5 Å². The fourth-order valence-electron chi connectivity index (χ4n) is 1.43. The number of sulfone groups is 1. The Balaban J connectivity index is 2.75. The average molecular weight is 336 g/mol. The summed E-state index contributed by atoms with van der Waals surface area (Å²) in [5, 5.41) is 0. The van der Waals surface area contributed by atoms with E-state index in [1.165, 1.54) is 0 Å². The standard InChI is InChI=1S/C12H18BrNO3S/c1-3-18(15,16)7-6-17-12-8-10(13)4-5-11(12)9(2)14/h4-5,8-9H,3,6-7,14H2,1-2H3. The lowest BCUT2D eigenvalue weighted by Crippen LogP contribution is -2.17. The number of benzene rings is 1. The van der Waals surface area contributed by atoms with Gasteiger partial charge in [0.05, 0.1) is 5.75 Å². The van der Waals surface area contributed by atoms with Crippen molar-refractivity contribution < 1.29 is 13.2 Å². The quantitative estimate of drug-likeness (QED) is 0.865. The molecule has 0 aliphatic carbocycles. The molecule has 0 aliphatic heterocycles. The first-order chi connectivity index (χ1) is 8.35. The van der Waals surface area contributed by atoms with Crippen LogP contribution >= 0.6 is 15.9 Å². The van der Waals surface area contributed by atoms with Crippen LogP contribution in [0.1, 0.15) is 25.5 Å². The van der Waals surface area contributed by atoms with Crippen molar-refractivity contribution in [2.45, 2.75) is 19.9 Å². The van der Waals surface area contributed by atoms with Crippen LogP contribution in [-0.4, -0.2) is 26.5 Å². The highest BCUT2D eigenvalue weighted by Gasteiger charge is 2.11. The van der Waals surface area contributed by atoms with Gasteiger partial charge in [0.15, 0.2) is 9.84 Å². The highest BCUT2D eigenvalue weighted by molar-refractivity contribution is 9.10. The Kier molecular flexibility index (Phi) is 5.62. The smallest absolute Gasteiger partial charge is 0.153 e. The summed E-state index contributed by atoms with van der Waals surface area (Å²) < 4.78 is 29.1. The maximum atomic E-state index is 11.4. The van der Waals surface area contributed by atoms with E-state index in [2.05, 4.69) is 15.9 Å². The minimum Gasteiger partial charge on any atom is -0.492 e. The molecular formula is C12H18BrNO3S. The maximum Gasteiger partial charge on any atom is 0.153 e. The topological polar surface area (TPSA) is 69.4 Å². The van der Waals surface area contributed by atoms with Crippen LogP contribution in [-0.2, 0) is 9.84 Å². The van der Waals surface area contributed by atoms with Gasteiger partial charge in [-0.3, -0.25) is 0 Å². The van der Waals surface area contributed by atoms with Crippen LogP contribution < -0.4 is 10.5 Å². The Morgan fingerprint density at radius 3 is 2.67 bits per heavy atom. The monoisotopic (exact) mass is 335 g/mol. The van der Waals surface area contributed by atoms with Crippen molar-refractivity contribution >= 4 is 25.8 Å². The Bertz CT molecular complexity index is 500. The predicted octanol–water partition coefficient (Wildman–Crippen LogP) is 2.28. The van der Waals surface area contributed by atoms with Crippen LogP contribution in [0.5, 0.6) is 5.75 Å². The summed E-state index contributed by atoms with van der Waals surface area (Å²) in [6.45, 7) is 3.63. The SMILES string of the molecule is CCS(=O)(=O)CCOc1cc(Br)ccc1C(C)N. The molecule has 0 heterocycles. The minimum atomic E-state index is -3.00. The molecule has 0 aliphatic rings. The van der Waals surface area contributed by atoms with Crippen LogP contribution in [0.15, 0.2) is 22.7 Å². The van der Waals surface area contributed by atoms with E-state index in [1.54, 1.807) is 13.0 Å². The number of hydrogen-bond acceptors (Lipinski definition) is 4. The number of halogens is 1. The molecule has 0 bridgehead atoms. The first-order valence-corrected chi connectivity index (χ1v) is 8.35. The Morgan fingerprint density at radius 2 is 2.11 bits per heavy atom. The van der Waals surface area contributed by atoms with E-state index in [0.717, 1.165) is 10.0 Å². The number of nitrogens with two attached hydrogens (primary N) is 1. The van der Waals surface area contributed by atoms with Gasteiger partial charge in [0.1, 0.15) is 12.4 Å². The Labute approximate surface area is 117 Å². The lowest BCUT2D eigenvalue weighted by molar-refractivity contribution is 0.335. The van der Waals surface area contributed by atoms with E-state index in [-0.39, 0.29) is 24.2 Å². The summed E-state index contributed by atoms with van der Waals surface area (Å²) in [6.07, 6.45) is 0. The molecule has 1 unspecified atom stereocenters. The summed E-state index contributed by atoms with van der Waals surface area (Å²) >= 11 is 3.35. The fraction of sp³-hybridized carbons (Fsp3) is 0.500. The molecule has 18 heavy (non-hydrogen) atoms. The lowest BCUT2D eigenvalue weighted by atomic mass is 10.1. The van der Waals surface area contributed by atoms with Crippen molar-refractivity contribution in [1.82, 2.24) is 0 Å². The molecule has 0 aromatic heterocycles. The number of hydrogen-bond donors (Lipinski definition) is 1. The summed E-state index contributed by atoms with van der Waals surface area (Å²) in [7, 11) is -3.00. The molecule has 0 radical (unpaired) electrons. The van der Waals surface area contributed by atoms with Gasteiger partial charge in [-0.25, -0.2) is 8.42 Å². The van der Waals surface area contributed by atoms with E-state index < -0.39 is 9.84 Å². The zero-order valence-corrected chi connectivity index (χ0v) is 12.9. The molecule has 2 N–H and O–H groups in total. The van der Waals surface area contributed by atoms with Crippen LogP contribution in [0.2, 0.25) is 0 Å². The van der Waals surface area contributed by atoms with Gasteiger partial charge in [0, 0.05) is 21.8 Å². The highest BCUT2D eigenvalue weighted by atomic mass is 79.9. The van der Waals surface area contributed by atoms with Gasteiger partial charge in [0.25, 0.3) is 0 Å². The van der Waals surface area contributed by atoms with E-state index in [0.29, 0.717) is 5.75 Å². The van der Waals surface area contributed by atoms with Crippen molar-refractivity contribution in [1.29, 1.82) is 0 Å². The van der Waals surface area contributed by atoms with Gasteiger partial charge in [-0.2, -0.15) is 0 Å². The second-order valence-corrected chi connectivity index (χ2v) is 7.44. The number of rotatable bonds is 6. The molecule has 4 nitrogen and oxygen atoms in total. The normalized spacial score (nSPS) is 13.3. The fourth-order valence-corrected chi connectivity index (χ4v) is 2.40.